The predicted octanol–water partition coefficient (Wildman–Crippen LogP) is 3.30. The van der Waals surface area contributed by atoms with Crippen LogP contribution in [0.4, 0.5) is 4.39 Å². The van der Waals surface area contributed by atoms with E-state index >= 15 is 0 Å². The number of hydrogen-bond acceptors (Lipinski definition) is 3. The van der Waals surface area contributed by atoms with Crippen molar-refractivity contribution in [3.63, 3.8) is 0 Å². The van der Waals surface area contributed by atoms with Crippen LogP contribution in [0.2, 0.25) is 0 Å². The third kappa shape index (κ3) is 3.91. The van der Waals surface area contributed by atoms with Crippen LogP contribution in [0.25, 0.3) is 0 Å². The van der Waals surface area contributed by atoms with E-state index in [-0.39, 0.29) is 11.9 Å². The second-order valence-corrected chi connectivity index (χ2v) is 5.08. The van der Waals surface area contributed by atoms with Crippen molar-refractivity contribution in [3.8, 4) is 5.75 Å². The van der Waals surface area contributed by atoms with Crippen molar-refractivity contribution < 1.29 is 13.9 Å². The average molecular weight is 269 g/mol. The molecule has 0 bridgehead atoms. The standard InChI is InChI=1S/C15H24FNO2/c1-6-9-17-14(15(2,3)19-5)12-10-11(16)7-8-13(12)18-4/h7-8,10,14,17H,6,9H2,1-5H3. The van der Waals surface area contributed by atoms with Crippen LogP contribution in [0.3, 0.4) is 0 Å². The lowest BCUT2D eigenvalue weighted by atomic mass is 9.90. The molecule has 0 aromatic heterocycles. The summed E-state index contributed by atoms with van der Waals surface area (Å²) >= 11 is 0. The zero-order chi connectivity index (χ0) is 14.5. The highest BCUT2D eigenvalue weighted by atomic mass is 19.1. The lowest BCUT2D eigenvalue weighted by Gasteiger charge is -2.35. The summed E-state index contributed by atoms with van der Waals surface area (Å²) in [5, 5.41) is 3.41. The summed E-state index contributed by atoms with van der Waals surface area (Å²) in [5.41, 5.74) is 0.318. The Morgan fingerprint density at radius 3 is 2.53 bits per heavy atom. The van der Waals surface area contributed by atoms with E-state index in [4.69, 9.17) is 9.47 Å². The number of methoxy groups -OCH3 is 2. The summed E-state index contributed by atoms with van der Waals surface area (Å²) < 4.78 is 24.4. The van der Waals surface area contributed by atoms with Crippen LogP contribution in [0.15, 0.2) is 18.2 Å². The summed E-state index contributed by atoms with van der Waals surface area (Å²) in [6, 6.07) is 4.42. The summed E-state index contributed by atoms with van der Waals surface area (Å²) in [6.45, 7) is 6.87. The van der Waals surface area contributed by atoms with E-state index in [9.17, 15) is 4.39 Å². The Morgan fingerprint density at radius 2 is 2.00 bits per heavy atom. The Morgan fingerprint density at radius 1 is 1.32 bits per heavy atom. The van der Waals surface area contributed by atoms with Gasteiger partial charge in [0.2, 0.25) is 0 Å². The van der Waals surface area contributed by atoms with Crippen molar-refractivity contribution in [3.05, 3.63) is 29.6 Å². The molecule has 0 aliphatic heterocycles. The normalized spacial score (nSPS) is 13.4. The zero-order valence-corrected chi connectivity index (χ0v) is 12.4. The fourth-order valence-corrected chi connectivity index (χ4v) is 2.07. The summed E-state index contributed by atoms with van der Waals surface area (Å²) in [5.74, 6) is 0.395. The van der Waals surface area contributed by atoms with Gasteiger partial charge in [-0.15, -0.1) is 0 Å². The molecule has 1 N–H and O–H groups in total. The molecule has 1 aromatic rings. The number of halogens is 1. The maximum atomic E-state index is 13.5. The van der Waals surface area contributed by atoms with Gasteiger partial charge in [0, 0.05) is 12.7 Å². The number of rotatable bonds is 7. The Labute approximate surface area is 115 Å². The van der Waals surface area contributed by atoms with Crippen molar-refractivity contribution in [2.75, 3.05) is 20.8 Å². The summed E-state index contributed by atoms with van der Waals surface area (Å²) in [6.07, 6.45) is 0.994. The molecule has 0 saturated heterocycles. The number of benzene rings is 1. The van der Waals surface area contributed by atoms with Crippen LogP contribution in [-0.4, -0.2) is 26.4 Å². The molecule has 19 heavy (non-hydrogen) atoms. The fraction of sp³-hybridized carbons (Fsp3) is 0.600. The highest BCUT2D eigenvalue weighted by Gasteiger charge is 2.32. The molecule has 0 radical (unpaired) electrons. The quantitative estimate of drug-likeness (QED) is 0.824. The Kier molecular flexibility index (Phi) is 5.76. The second-order valence-electron chi connectivity index (χ2n) is 5.08. The molecule has 4 heteroatoms. The van der Waals surface area contributed by atoms with Gasteiger partial charge in [0.15, 0.2) is 0 Å². The molecule has 0 amide bonds. The maximum absolute atomic E-state index is 13.5. The van der Waals surface area contributed by atoms with E-state index in [0.29, 0.717) is 5.75 Å². The number of ether oxygens (including phenoxy) is 2. The van der Waals surface area contributed by atoms with Gasteiger partial charge in [0.05, 0.1) is 18.8 Å². The van der Waals surface area contributed by atoms with Crippen molar-refractivity contribution in [1.82, 2.24) is 5.32 Å². The first kappa shape index (κ1) is 15.9. The molecule has 1 aromatic carbocycles. The zero-order valence-electron chi connectivity index (χ0n) is 12.4. The van der Waals surface area contributed by atoms with Gasteiger partial charge in [-0.1, -0.05) is 6.92 Å². The molecular weight excluding hydrogens is 245 g/mol. The van der Waals surface area contributed by atoms with Gasteiger partial charge >= 0.3 is 0 Å². The molecule has 0 aliphatic rings. The molecule has 0 aliphatic carbocycles. The third-order valence-electron chi connectivity index (χ3n) is 3.32. The molecule has 108 valence electrons. The maximum Gasteiger partial charge on any atom is 0.123 e. The molecule has 0 spiro atoms. The highest BCUT2D eigenvalue weighted by molar-refractivity contribution is 5.38. The second kappa shape index (κ2) is 6.87. The SMILES string of the molecule is CCCNC(c1cc(F)ccc1OC)C(C)(C)OC. The van der Waals surface area contributed by atoms with Crippen LogP contribution < -0.4 is 10.1 Å². The van der Waals surface area contributed by atoms with Gasteiger partial charge in [-0.2, -0.15) is 0 Å². The molecule has 3 nitrogen and oxygen atoms in total. The van der Waals surface area contributed by atoms with Gasteiger partial charge in [0.25, 0.3) is 0 Å². The predicted molar refractivity (Wildman–Crippen MR) is 75.1 cm³/mol. The molecule has 1 atom stereocenters. The van der Waals surface area contributed by atoms with E-state index in [1.165, 1.54) is 12.1 Å². The first-order valence-electron chi connectivity index (χ1n) is 6.58. The molecule has 0 saturated carbocycles. The van der Waals surface area contributed by atoms with Crippen LogP contribution in [0.1, 0.15) is 38.8 Å². The molecule has 0 heterocycles. The number of hydrogen-bond donors (Lipinski definition) is 1. The monoisotopic (exact) mass is 269 g/mol. The van der Waals surface area contributed by atoms with Gasteiger partial charge in [0.1, 0.15) is 11.6 Å². The van der Waals surface area contributed by atoms with E-state index in [0.717, 1.165) is 18.5 Å². The lowest BCUT2D eigenvalue weighted by Crippen LogP contribution is -2.41. The van der Waals surface area contributed by atoms with Crippen LogP contribution in [0.5, 0.6) is 5.75 Å². The third-order valence-corrected chi connectivity index (χ3v) is 3.32. The van der Waals surface area contributed by atoms with E-state index in [2.05, 4.69) is 12.2 Å². The molecular formula is C15H24FNO2. The summed E-state index contributed by atoms with van der Waals surface area (Å²) in [7, 11) is 3.25. The van der Waals surface area contributed by atoms with E-state index in [1.54, 1.807) is 20.3 Å². The molecule has 1 unspecified atom stereocenters. The smallest absolute Gasteiger partial charge is 0.123 e. The van der Waals surface area contributed by atoms with Crippen LogP contribution >= 0.6 is 0 Å². The fourth-order valence-electron chi connectivity index (χ4n) is 2.07. The minimum atomic E-state index is -0.462. The summed E-state index contributed by atoms with van der Waals surface area (Å²) in [4.78, 5) is 0. The minimum Gasteiger partial charge on any atom is -0.496 e. The molecule has 1 rings (SSSR count). The Bertz CT molecular complexity index is 407. The van der Waals surface area contributed by atoms with Gasteiger partial charge in [-0.3, -0.25) is 0 Å². The Hall–Kier alpha value is -1.13. The van der Waals surface area contributed by atoms with E-state index in [1.807, 2.05) is 13.8 Å². The number of nitrogens with one attached hydrogen (secondary N) is 1. The van der Waals surface area contributed by atoms with Crippen molar-refractivity contribution in [2.45, 2.75) is 38.8 Å². The van der Waals surface area contributed by atoms with Crippen LogP contribution in [0, 0.1) is 5.82 Å². The van der Waals surface area contributed by atoms with Gasteiger partial charge in [-0.05, 0) is 45.0 Å². The van der Waals surface area contributed by atoms with Crippen molar-refractivity contribution >= 4 is 0 Å². The largest absolute Gasteiger partial charge is 0.496 e. The van der Waals surface area contributed by atoms with Gasteiger partial charge in [-0.25, -0.2) is 4.39 Å². The van der Waals surface area contributed by atoms with E-state index < -0.39 is 5.60 Å². The average Bonchev–Trinajstić information content (AvgIpc) is 2.39. The molecule has 0 fully saturated rings. The first-order valence-corrected chi connectivity index (χ1v) is 6.58. The Balaban J connectivity index is 3.19. The van der Waals surface area contributed by atoms with Crippen molar-refractivity contribution in [1.29, 1.82) is 0 Å². The first-order chi connectivity index (χ1) is 8.96. The van der Waals surface area contributed by atoms with Crippen LogP contribution in [-0.2, 0) is 4.74 Å². The highest BCUT2D eigenvalue weighted by Crippen LogP contribution is 2.34. The van der Waals surface area contributed by atoms with Gasteiger partial charge < -0.3 is 14.8 Å². The lowest BCUT2D eigenvalue weighted by molar-refractivity contribution is -0.0117. The van der Waals surface area contributed by atoms with Crippen molar-refractivity contribution in [2.24, 2.45) is 0 Å². The minimum absolute atomic E-state index is 0.136. The topological polar surface area (TPSA) is 30.5 Å².